The van der Waals surface area contributed by atoms with Crippen molar-refractivity contribution in [2.75, 3.05) is 56.2 Å². The summed E-state index contributed by atoms with van der Waals surface area (Å²) in [6.45, 7) is 3.66. The van der Waals surface area contributed by atoms with Crippen molar-refractivity contribution in [2.45, 2.75) is 0 Å². The fraction of sp³-hybridized carbons (Fsp3) is 0.389. The summed E-state index contributed by atoms with van der Waals surface area (Å²) in [6.07, 6.45) is 1.72. The first-order valence-corrected chi connectivity index (χ1v) is 8.76. The Balaban J connectivity index is 1.37. The molecule has 2 N–H and O–H groups in total. The number of anilines is 2. The molecule has 27 heavy (non-hydrogen) atoms. The summed E-state index contributed by atoms with van der Waals surface area (Å²) in [4.78, 5) is 14.0. The van der Waals surface area contributed by atoms with E-state index in [1.807, 2.05) is 6.07 Å². The zero-order valence-corrected chi connectivity index (χ0v) is 14.9. The van der Waals surface area contributed by atoms with Gasteiger partial charge in [-0.25, -0.2) is 4.39 Å². The number of benzene rings is 1. The molecule has 1 aliphatic heterocycles. The first-order valence-electron chi connectivity index (χ1n) is 8.76. The van der Waals surface area contributed by atoms with Gasteiger partial charge >= 0.3 is 0 Å². The molecule has 0 bridgehead atoms. The van der Waals surface area contributed by atoms with Gasteiger partial charge < -0.3 is 25.0 Å². The number of hydrogen-bond donors (Lipinski definition) is 2. The van der Waals surface area contributed by atoms with Crippen molar-refractivity contribution >= 4 is 17.4 Å². The summed E-state index contributed by atoms with van der Waals surface area (Å²) in [5.74, 6) is -0.129. The molecule has 2 aromatic rings. The van der Waals surface area contributed by atoms with E-state index in [1.54, 1.807) is 18.3 Å². The number of ether oxygens (including phenoxy) is 2. The predicted octanol–water partition coefficient (Wildman–Crippen LogP) is 1.06. The van der Waals surface area contributed by atoms with Gasteiger partial charge in [0.1, 0.15) is 0 Å². The van der Waals surface area contributed by atoms with Gasteiger partial charge in [0.2, 0.25) is 0 Å². The van der Waals surface area contributed by atoms with Gasteiger partial charge in [-0.05, 0) is 12.1 Å². The minimum absolute atomic E-state index is 0.0565. The highest BCUT2D eigenvalue weighted by Crippen LogP contribution is 2.17. The molecule has 0 radical (unpaired) electrons. The molecule has 1 amide bonds. The van der Waals surface area contributed by atoms with Crippen LogP contribution in [-0.2, 0) is 9.53 Å². The smallest absolute Gasteiger partial charge is 0.258 e. The average molecular weight is 375 g/mol. The van der Waals surface area contributed by atoms with Gasteiger partial charge in [0, 0.05) is 32.2 Å². The van der Waals surface area contributed by atoms with Crippen molar-refractivity contribution in [1.29, 1.82) is 0 Å². The number of nitrogens with zero attached hydrogens (tertiary/aromatic N) is 3. The Hall–Kier alpha value is -2.94. The van der Waals surface area contributed by atoms with Crippen LogP contribution in [0.3, 0.4) is 0 Å². The maximum atomic E-state index is 13.4. The van der Waals surface area contributed by atoms with Crippen LogP contribution >= 0.6 is 0 Å². The molecule has 3 rings (SSSR count). The molecule has 0 saturated carbocycles. The van der Waals surface area contributed by atoms with Crippen LogP contribution in [0.1, 0.15) is 0 Å². The van der Waals surface area contributed by atoms with Gasteiger partial charge in [0.05, 0.1) is 25.1 Å². The Morgan fingerprint density at radius 1 is 1.26 bits per heavy atom. The van der Waals surface area contributed by atoms with Gasteiger partial charge in [-0.15, -0.1) is 5.10 Å². The highest BCUT2D eigenvalue weighted by molar-refractivity contribution is 5.77. The topological polar surface area (TPSA) is 88.6 Å². The van der Waals surface area contributed by atoms with E-state index in [-0.39, 0.29) is 18.3 Å². The van der Waals surface area contributed by atoms with E-state index in [4.69, 9.17) is 9.47 Å². The standard InChI is InChI=1S/C18H22FN5O3/c19-15-3-1-2-4-16(15)27-13-18(25)21-6-5-20-17-11-14(12-22-23-17)24-7-9-26-10-8-24/h1-4,11-12H,5-10,13H2,(H,20,23)(H,21,25). The fourth-order valence-corrected chi connectivity index (χ4v) is 2.59. The monoisotopic (exact) mass is 375 g/mol. The number of carbonyl (C=O) groups excluding carboxylic acids is 1. The van der Waals surface area contributed by atoms with Crippen molar-refractivity contribution < 1.29 is 18.7 Å². The Morgan fingerprint density at radius 3 is 2.89 bits per heavy atom. The first kappa shape index (κ1) is 18.8. The summed E-state index contributed by atoms with van der Waals surface area (Å²) in [5.41, 5.74) is 0.984. The molecule has 1 aromatic carbocycles. The molecule has 0 unspecified atom stereocenters. The van der Waals surface area contributed by atoms with Crippen LogP contribution in [0.25, 0.3) is 0 Å². The highest BCUT2D eigenvalue weighted by Gasteiger charge is 2.12. The Labute approximate surface area is 156 Å². The van der Waals surface area contributed by atoms with E-state index in [0.717, 1.165) is 18.8 Å². The maximum Gasteiger partial charge on any atom is 0.258 e. The second-order valence-electron chi connectivity index (χ2n) is 5.89. The third kappa shape index (κ3) is 5.78. The molecule has 0 spiro atoms. The van der Waals surface area contributed by atoms with E-state index in [1.165, 1.54) is 12.1 Å². The number of amides is 1. The summed E-state index contributed by atoms with van der Waals surface area (Å²) < 4.78 is 23.9. The van der Waals surface area contributed by atoms with Gasteiger partial charge in [-0.2, -0.15) is 5.10 Å². The second-order valence-corrected chi connectivity index (χ2v) is 5.89. The molecule has 1 fully saturated rings. The van der Waals surface area contributed by atoms with Crippen LogP contribution in [0.15, 0.2) is 36.5 Å². The molecular weight excluding hydrogens is 353 g/mol. The number of carbonyl (C=O) groups is 1. The molecule has 0 atom stereocenters. The lowest BCUT2D eigenvalue weighted by molar-refractivity contribution is -0.123. The zero-order valence-electron chi connectivity index (χ0n) is 14.9. The molecule has 1 aliphatic rings. The highest BCUT2D eigenvalue weighted by atomic mass is 19.1. The van der Waals surface area contributed by atoms with Gasteiger partial charge in [-0.1, -0.05) is 12.1 Å². The van der Waals surface area contributed by atoms with Crippen molar-refractivity contribution in [3.05, 3.63) is 42.3 Å². The lowest BCUT2D eigenvalue weighted by Crippen LogP contribution is -2.36. The van der Waals surface area contributed by atoms with Crippen LogP contribution in [0.5, 0.6) is 5.75 Å². The number of nitrogens with one attached hydrogen (secondary N) is 2. The predicted molar refractivity (Wildman–Crippen MR) is 98.5 cm³/mol. The third-order valence-corrected chi connectivity index (χ3v) is 3.97. The first-order chi connectivity index (χ1) is 13.2. The van der Waals surface area contributed by atoms with E-state index in [0.29, 0.717) is 32.1 Å². The van der Waals surface area contributed by atoms with Crippen LogP contribution in [0.4, 0.5) is 15.9 Å². The molecule has 1 saturated heterocycles. The van der Waals surface area contributed by atoms with E-state index < -0.39 is 5.82 Å². The summed E-state index contributed by atoms with van der Waals surface area (Å²) in [7, 11) is 0. The zero-order chi connectivity index (χ0) is 18.9. The SMILES string of the molecule is O=C(COc1ccccc1F)NCCNc1cc(N2CCOCC2)cnn1. The number of aromatic nitrogens is 2. The van der Waals surface area contributed by atoms with Gasteiger partial charge in [-0.3, -0.25) is 4.79 Å². The largest absolute Gasteiger partial charge is 0.481 e. The number of morpholine rings is 1. The third-order valence-electron chi connectivity index (χ3n) is 3.97. The van der Waals surface area contributed by atoms with Gasteiger partial charge in [0.15, 0.2) is 24.0 Å². The minimum Gasteiger partial charge on any atom is -0.481 e. The molecule has 1 aromatic heterocycles. The summed E-state index contributed by atoms with van der Waals surface area (Å²) >= 11 is 0. The van der Waals surface area contributed by atoms with Crippen molar-refractivity contribution in [3.8, 4) is 5.75 Å². The lowest BCUT2D eigenvalue weighted by atomic mass is 10.3. The Kier molecular flexibility index (Phi) is 6.75. The molecule has 144 valence electrons. The minimum atomic E-state index is -0.495. The van der Waals surface area contributed by atoms with Crippen LogP contribution in [0.2, 0.25) is 0 Å². The number of halogens is 1. The van der Waals surface area contributed by atoms with Gasteiger partial charge in [0.25, 0.3) is 5.91 Å². The summed E-state index contributed by atoms with van der Waals surface area (Å²) in [5, 5.41) is 13.9. The van der Waals surface area contributed by atoms with Crippen LogP contribution in [0, 0.1) is 5.82 Å². The lowest BCUT2D eigenvalue weighted by Gasteiger charge is -2.28. The fourth-order valence-electron chi connectivity index (χ4n) is 2.59. The number of para-hydroxylation sites is 1. The molecule has 9 heteroatoms. The molecule has 8 nitrogen and oxygen atoms in total. The Morgan fingerprint density at radius 2 is 2.07 bits per heavy atom. The van der Waals surface area contributed by atoms with E-state index >= 15 is 0 Å². The Bertz CT molecular complexity index is 755. The van der Waals surface area contributed by atoms with Crippen LogP contribution < -0.4 is 20.3 Å². The van der Waals surface area contributed by atoms with E-state index in [2.05, 4.69) is 25.7 Å². The average Bonchev–Trinajstić information content (AvgIpc) is 2.71. The van der Waals surface area contributed by atoms with Crippen molar-refractivity contribution in [3.63, 3.8) is 0 Å². The second kappa shape index (κ2) is 9.67. The molecular formula is C18H22FN5O3. The number of hydrogen-bond acceptors (Lipinski definition) is 7. The van der Waals surface area contributed by atoms with Crippen LogP contribution in [-0.4, -0.2) is 62.1 Å². The van der Waals surface area contributed by atoms with Crippen molar-refractivity contribution in [1.82, 2.24) is 15.5 Å². The normalized spacial score (nSPS) is 13.9. The molecule has 0 aliphatic carbocycles. The van der Waals surface area contributed by atoms with Crippen molar-refractivity contribution in [2.24, 2.45) is 0 Å². The van der Waals surface area contributed by atoms with E-state index in [9.17, 15) is 9.18 Å². The molecule has 2 heterocycles. The maximum absolute atomic E-state index is 13.4. The quantitative estimate of drug-likeness (QED) is 0.667. The summed E-state index contributed by atoms with van der Waals surface area (Å²) in [6, 6.07) is 7.88. The number of rotatable bonds is 8.